The van der Waals surface area contributed by atoms with E-state index in [1.54, 1.807) is 32.4 Å². The Morgan fingerprint density at radius 1 is 1.39 bits per heavy atom. The van der Waals surface area contributed by atoms with Gasteiger partial charge in [0, 0.05) is 6.54 Å². The van der Waals surface area contributed by atoms with E-state index in [0.717, 1.165) is 18.4 Å². The minimum atomic E-state index is -3.26. The van der Waals surface area contributed by atoms with Gasteiger partial charge in [-0.2, -0.15) is 0 Å². The molecule has 0 aliphatic heterocycles. The first-order valence-corrected chi connectivity index (χ1v) is 7.49. The highest BCUT2D eigenvalue weighted by Gasteiger charge is 2.54. The molecular weight excluding hydrogens is 250 g/mol. The monoisotopic (exact) mass is 269 g/mol. The average molecular weight is 269 g/mol. The van der Waals surface area contributed by atoms with Crippen molar-refractivity contribution in [1.82, 2.24) is 5.32 Å². The maximum atomic E-state index is 12.6. The van der Waals surface area contributed by atoms with Crippen LogP contribution in [0.15, 0.2) is 23.1 Å². The minimum Gasteiger partial charge on any atom is -0.496 e. The van der Waals surface area contributed by atoms with Crippen LogP contribution in [0.2, 0.25) is 0 Å². The fraction of sp³-hybridized carbons (Fsp3) is 0.538. The summed E-state index contributed by atoms with van der Waals surface area (Å²) in [4.78, 5) is 0.397. The van der Waals surface area contributed by atoms with Crippen LogP contribution < -0.4 is 10.1 Å². The van der Waals surface area contributed by atoms with Gasteiger partial charge in [-0.25, -0.2) is 8.42 Å². The van der Waals surface area contributed by atoms with Gasteiger partial charge in [-0.3, -0.25) is 0 Å². The number of rotatable bonds is 5. The van der Waals surface area contributed by atoms with Gasteiger partial charge in [0.1, 0.15) is 5.75 Å². The molecule has 1 aromatic carbocycles. The lowest BCUT2D eigenvalue weighted by Gasteiger charge is -2.16. The lowest BCUT2D eigenvalue weighted by molar-refractivity contribution is 0.411. The number of benzene rings is 1. The first-order valence-electron chi connectivity index (χ1n) is 6.01. The molecule has 5 heteroatoms. The number of sulfone groups is 1. The van der Waals surface area contributed by atoms with Gasteiger partial charge < -0.3 is 10.1 Å². The number of nitrogens with one attached hydrogen (secondary N) is 1. The zero-order valence-electron chi connectivity index (χ0n) is 11.0. The molecule has 0 unspecified atom stereocenters. The predicted octanol–water partition coefficient (Wildman–Crippen LogP) is 1.53. The van der Waals surface area contributed by atoms with Crippen LogP contribution >= 0.6 is 0 Å². The van der Waals surface area contributed by atoms with Gasteiger partial charge in [-0.05, 0) is 50.6 Å². The maximum absolute atomic E-state index is 12.6. The highest BCUT2D eigenvalue weighted by Crippen LogP contribution is 2.46. The number of hydrogen-bond donors (Lipinski definition) is 1. The van der Waals surface area contributed by atoms with Crippen molar-refractivity contribution in [1.29, 1.82) is 0 Å². The molecule has 1 aromatic rings. The molecule has 2 rings (SSSR count). The second-order valence-electron chi connectivity index (χ2n) is 4.85. The topological polar surface area (TPSA) is 55.4 Å². The van der Waals surface area contributed by atoms with E-state index < -0.39 is 14.6 Å². The summed E-state index contributed by atoms with van der Waals surface area (Å²) >= 11 is 0. The van der Waals surface area contributed by atoms with Crippen molar-refractivity contribution in [3.63, 3.8) is 0 Å². The van der Waals surface area contributed by atoms with Gasteiger partial charge in [-0.15, -0.1) is 0 Å². The van der Waals surface area contributed by atoms with Crippen LogP contribution in [-0.2, 0) is 9.84 Å². The molecule has 4 nitrogen and oxygen atoms in total. The number of hydrogen-bond acceptors (Lipinski definition) is 4. The molecule has 1 fully saturated rings. The molecule has 1 saturated carbocycles. The maximum Gasteiger partial charge on any atom is 0.185 e. The highest BCUT2D eigenvalue weighted by molar-refractivity contribution is 7.93. The molecule has 100 valence electrons. The standard InChI is InChI=1S/C13H19NO3S/c1-10-8-11(4-5-12(10)17-3)18(15,16)13(6-7-13)9-14-2/h4-5,8,14H,6-7,9H2,1-3H3. The predicted molar refractivity (Wildman–Crippen MR) is 70.8 cm³/mol. The summed E-state index contributed by atoms with van der Waals surface area (Å²) in [6.45, 7) is 2.37. The van der Waals surface area contributed by atoms with Gasteiger partial charge in [0.2, 0.25) is 0 Å². The van der Waals surface area contributed by atoms with Crippen molar-refractivity contribution >= 4 is 9.84 Å². The van der Waals surface area contributed by atoms with Crippen molar-refractivity contribution in [2.24, 2.45) is 0 Å². The Morgan fingerprint density at radius 3 is 2.50 bits per heavy atom. The quantitative estimate of drug-likeness (QED) is 0.880. The first-order chi connectivity index (χ1) is 8.47. The molecule has 0 atom stereocenters. The minimum absolute atomic E-state index is 0.397. The smallest absolute Gasteiger partial charge is 0.185 e. The van der Waals surface area contributed by atoms with Crippen LogP contribution in [0.5, 0.6) is 5.75 Å². The summed E-state index contributed by atoms with van der Waals surface area (Å²) in [5.74, 6) is 0.715. The Labute approximate surface area is 108 Å². The second-order valence-corrected chi connectivity index (χ2v) is 7.19. The van der Waals surface area contributed by atoms with Crippen molar-refractivity contribution in [3.8, 4) is 5.75 Å². The zero-order chi connectivity index (χ0) is 13.4. The summed E-state index contributed by atoms with van der Waals surface area (Å²) in [7, 11) is 0.115. The van der Waals surface area contributed by atoms with Crippen molar-refractivity contribution in [2.45, 2.75) is 29.4 Å². The van der Waals surface area contributed by atoms with E-state index >= 15 is 0 Å². The fourth-order valence-electron chi connectivity index (χ4n) is 2.27. The summed E-state index contributed by atoms with van der Waals surface area (Å²) < 4.78 is 29.7. The van der Waals surface area contributed by atoms with Crippen LogP contribution in [0.4, 0.5) is 0 Å². The Morgan fingerprint density at radius 2 is 2.06 bits per heavy atom. The van der Waals surface area contributed by atoms with Crippen LogP contribution in [0, 0.1) is 6.92 Å². The van der Waals surface area contributed by atoms with Crippen molar-refractivity contribution < 1.29 is 13.2 Å². The largest absolute Gasteiger partial charge is 0.496 e. The molecule has 0 spiro atoms. The summed E-state index contributed by atoms with van der Waals surface area (Å²) in [5, 5.41) is 2.98. The molecule has 0 bridgehead atoms. The molecule has 1 aliphatic rings. The van der Waals surface area contributed by atoms with E-state index in [9.17, 15) is 8.42 Å². The fourth-order valence-corrected chi connectivity index (χ4v) is 4.32. The molecule has 0 amide bonds. The van der Waals surface area contributed by atoms with Crippen LogP contribution in [0.1, 0.15) is 18.4 Å². The normalized spacial score (nSPS) is 17.5. The Hall–Kier alpha value is -1.07. The molecule has 1 aliphatic carbocycles. The summed E-state index contributed by atoms with van der Waals surface area (Å²) in [6.07, 6.45) is 1.47. The molecule has 0 aromatic heterocycles. The van der Waals surface area contributed by atoms with Gasteiger partial charge in [0.15, 0.2) is 9.84 Å². The van der Waals surface area contributed by atoms with Crippen LogP contribution in [-0.4, -0.2) is 33.9 Å². The average Bonchev–Trinajstić information content (AvgIpc) is 3.11. The van der Waals surface area contributed by atoms with E-state index in [1.807, 2.05) is 6.92 Å². The molecule has 18 heavy (non-hydrogen) atoms. The van der Waals surface area contributed by atoms with E-state index in [1.165, 1.54) is 0 Å². The Kier molecular flexibility index (Phi) is 3.38. The molecule has 0 radical (unpaired) electrons. The molecule has 1 N–H and O–H groups in total. The van der Waals surface area contributed by atoms with E-state index in [2.05, 4.69) is 5.32 Å². The lowest BCUT2D eigenvalue weighted by Crippen LogP contribution is -2.33. The third-order valence-electron chi connectivity index (χ3n) is 3.55. The Bertz CT molecular complexity index is 547. The van der Waals surface area contributed by atoms with E-state index in [-0.39, 0.29) is 0 Å². The van der Waals surface area contributed by atoms with Gasteiger partial charge in [0.25, 0.3) is 0 Å². The first kappa shape index (κ1) is 13.4. The summed E-state index contributed by atoms with van der Waals surface area (Å²) in [5.41, 5.74) is 0.846. The third-order valence-corrected chi connectivity index (χ3v) is 6.12. The van der Waals surface area contributed by atoms with Gasteiger partial charge in [-0.1, -0.05) is 0 Å². The Balaban J connectivity index is 2.40. The molecule has 0 saturated heterocycles. The number of ether oxygens (including phenoxy) is 1. The summed E-state index contributed by atoms with van der Waals surface area (Å²) in [6, 6.07) is 5.05. The van der Waals surface area contributed by atoms with Crippen molar-refractivity contribution in [2.75, 3.05) is 20.7 Å². The number of methoxy groups -OCH3 is 1. The second kappa shape index (κ2) is 4.55. The van der Waals surface area contributed by atoms with Crippen LogP contribution in [0.25, 0.3) is 0 Å². The van der Waals surface area contributed by atoms with Gasteiger partial charge in [0.05, 0.1) is 16.8 Å². The lowest BCUT2D eigenvalue weighted by atomic mass is 10.2. The highest BCUT2D eigenvalue weighted by atomic mass is 32.2. The van der Waals surface area contributed by atoms with Gasteiger partial charge >= 0.3 is 0 Å². The third kappa shape index (κ3) is 2.01. The van der Waals surface area contributed by atoms with E-state index in [4.69, 9.17) is 4.74 Å². The number of aryl methyl sites for hydroxylation is 1. The van der Waals surface area contributed by atoms with Crippen molar-refractivity contribution in [3.05, 3.63) is 23.8 Å². The SMILES string of the molecule is CNCC1(S(=O)(=O)c2ccc(OC)c(C)c2)CC1. The van der Waals surface area contributed by atoms with Crippen LogP contribution in [0.3, 0.4) is 0 Å². The molecular formula is C13H19NO3S. The zero-order valence-corrected chi connectivity index (χ0v) is 11.8. The van der Waals surface area contributed by atoms with E-state index in [0.29, 0.717) is 17.2 Å². The molecule has 0 heterocycles.